The van der Waals surface area contributed by atoms with Crippen LogP contribution in [0, 0.1) is 0 Å². The first kappa shape index (κ1) is 21.2. The molecular formula is C20H28ClN3O. The van der Waals surface area contributed by atoms with E-state index >= 15 is 0 Å². The number of benzene rings is 2. The number of likely N-dealkylation sites (N-methyl/N-ethyl adjacent to an activating group) is 1. The number of carbonyl (C=O) groups is 1. The summed E-state index contributed by atoms with van der Waals surface area (Å²) in [6.07, 6.45) is 0. The second-order valence-corrected chi connectivity index (χ2v) is 6.26. The van der Waals surface area contributed by atoms with Crippen LogP contribution in [0.4, 0.5) is 0 Å². The van der Waals surface area contributed by atoms with Gasteiger partial charge in [-0.05, 0) is 44.3 Å². The van der Waals surface area contributed by atoms with E-state index in [9.17, 15) is 4.79 Å². The summed E-state index contributed by atoms with van der Waals surface area (Å²) in [5.74, 6) is -0.0235. The fourth-order valence-electron chi connectivity index (χ4n) is 2.52. The Labute approximate surface area is 157 Å². The van der Waals surface area contributed by atoms with Crippen molar-refractivity contribution >= 4 is 18.3 Å². The molecule has 0 aliphatic rings. The topological polar surface area (TPSA) is 44.4 Å². The maximum absolute atomic E-state index is 12.2. The Morgan fingerprint density at radius 1 is 1.04 bits per heavy atom. The number of nitrogens with zero attached hydrogens (tertiary/aromatic N) is 1. The average Bonchev–Trinajstić information content (AvgIpc) is 2.60. The number of amides is 1. The van der Waals surface area contributed by atoms with E-state index in [4.69, 9.17) is 0 Å². The van der Waals surface area contributed by atoms with E-state index in [-0.39, 0.29) is 24.4 Å². The molecule has 0 heterocycles. The van der Waals surface area contributed by atoms with Gasteiger partial charge >= 0.3 is 0 Å². The van der Waals surface area contributed by atoms with Gasteiger partial charge < -0.3 is 10.6 Å². The predicted octanol–water partition coefficient (Wildman–Crippen LogP) is 3.08. The molecule has 0 radical (unpaired) electrons. The minimum Gasteiger partial charge on any atom is -0.350 e. The highest BCUT2D eigenvalue weighted by Gasteiger charge is 2.08. The molecule has 0 aliphatic carbocycles. The minimum atomic E-state index is -0.0235. The van der Waals surface area contributed by atoms with Crippen LogP contribution in [-0.2, 0) is 13.1 Å². The van der Waals surface area contributed by atoms with Crippen molar-refractivity contribution in [2.75, 3.05) is 20.6 Å². The third-order valence-corrected chi connectivity index (χ3v) is 4.00. The van der Waals surface area contributed by atoms with Gasteiger partial charge in [-0.25, -0.2) is 0 Å². The molecule has 2 aromatic rings. The average molecular weight is 362 g/mol. The fourth-order valence-corrected chi connectivity index (χ4v) is 2.52. The molecule has 2 N–H and O–H groups in total. The highest BCUT2D eigenvalue weighted by atomic mass is 35.5. The zero-order valence-electron chi connectivity index (χ0n) is 15.2. The van der Waals surface area contributed by atoms with Crippen molar-refractivity contribution in [1.82, 2.24) is 15.5 Å². The van der Waals surface area contributed by atoms with Crippen LogP contribution >= 0.6 is 12.4 Å². The molecule has 1 amide bonds. The first-order valence-corrected chi connectivity index (χ1v) is 8.35. The van der Waals surface area contributed by atoms with Gasteiger partial charge in [0.1, 0.15) is 0 Å². The van der Waals surface area contributed by atoms with Crippen LogP contribution in [0.25, 0.3) is 0 Å². The number of nitrogens with one attached hydrogen (secondary N) is 2. The summed E-state index contributed by atoms with van der Waals surface area (Å²) >= 11 is 0. The molecule has 0 spiro atoms. The van der Waals surface area contributed by atoms with Crippen LogP contribution in [-0.4, -0.2) is 37.5 Å². The third-order valence-electron chi connectivity index (χ3n) is 4.00. The van der Waals surface area contributed by atoms with Gasteiger partial charge in [-0.15, -0.1) is 12.4 Å². The Balaban J connectivity index is 0.00000312. The molecule has 0 aromatic heterocycles. The van der Waals surface area contributed by atoms with Crippen LogP contribution in [0.1, 0.15) is 28.4 Å². The van der Waals surface area contributed by atoms with Crippen LogP contribution in [0.5, 0.6) is 0 Å². The van der Waals surface area contributed by atoms with Crippen molar-refractivity contribution in [1.29, 1.82) is 0 Å². The highest BCUT2D eigenvalue weighted by molar-refractivity contribution is 5.94. The number of halogens is 1. The summed E-state index contributed by atoms with van der Waals surface area (Å²) in [5, 5.41) is 6.07. The normalized spacial score (nSPS) is 11.7. The second kappa shape index (κ2) is 10.9. The van der Waals surface area contributed by atoms with Crippen LogP contribution < -0.4 is 10.6 Å². The molecule has 136 valence electrons. The largest absolute Gasteiger partial charge is 0.350 e. The van der Waals surface area contributed by atoms with Gasteiger partial charge in [0.25, 0.3) is 5.91 Å². The Kier molecular flexibility index (Phi) is 9.21. The van der Waals surface area contributed by atoms with Crippen molar-refractivity contribution in [2.24, 2.45) is 0 Å². The van der Waals surface area contributed by atoms with Gasteiger partial charge in [-0.3, -0.25) is 9.69 Å². The van der Waals surface area contributed by atoms with Crippen molar-refractivity contribution in [2.45, 2.75) is 26.1 Å². The maximum atomic E-state index is 12.2. The summed E-state index contributed by atoms with van der Waals surface area (Å²) in [6, 6.07) is 18.5. The monoisotopic (exact) mass is 361 g/mol. The van der Waals surface area contributed by atoms with E-state index in [2.05, 4.69) is 52.9 Å². The molecule has 0 aliphatic heterocycles. The molecule has 2 aromatic carbocycles. The predicted molar refractivity (Wildman–Crippen MR) is 106 cm³/mol. The lowest BCUT2D eigenvalue weighted by atomic mass is 10.1. The lowest BCUT2D eigenvalue weighted by molar-refractivity contribution is 0.0950. The Morgan fingerprint density at radius 3 is 2.36 bits per heavy atom. The lowest BCUT2D eigenvalue weighted by Gasteiger charge is -2.17. The first-order valence-electron chi connectivity index (χ1n) is 8.35. The van der Waals surface area contributed by atoms with Gasteiger partial charge in [0, 0.05) is 31.2 Å². The van der Waals surface area contributed by atoms with Crippen molar-refractivity contribution in [3.8, 4) is 0 Å². The molecule has 0 saturated heterocycles. The van der Waals surface area contributed by atoms with E-state index in [0.717, 1.165) is 18.7 Å². The quantitative estimate of drug-likeness (QED) is 0.759. The summed E-state index contributed by atoms with van der Waals surface area (Å²) < 4.78 is 0. The molecule has 0 bridgehead atoms. The van der Waals surface area contributed by atoms with Crippen molar-refractivity contribution in [3.05, 3.63) is 71.3 Å². The lowest BCUT2D eigenvalue weighted by Crippen LogP contribution is -2.37. The molecular weight excluding hydrogens is 334 g/mol. The third kappa shape index (κ3) is 7.26. The summed E-state index contributed by atoms with van der Waals surface area (Å²) in [5.41, 5.74) is 3.14. The number of rotatable bonds is 8. The minimum absolute atomic E-state index is 0. The maximum Gasteiger partial charge on any atom is 0.251 e. The zero-order chi connectivity index (χ0) is 17.4. The number of hydrogen-bond acceptors (Lipinski definition) is 3. The van der Waals surface area contributed by atoms with E-state index in [1.807, 2.05) is 38.2 Å². The van der Waals surface area contributed by atoms with Gasteiger partial charge in [0.15, 0.2) is 0 Å². The Morgan fingerprint density at radius 2 is 1.68 bits per heavy atom. The summed E-state index contributed by atoms with van der Waals surface area (Å²) in [6.45, 7) is 4.35. The highest BCUT2D eigenvalue weighted by Crippen LogP contribution is 2.10. The van der Waals surface area contributed by atoms with Gasteiger partial charge in [-0.2, -0.15) is 0 Å². The molecule has 5 heteroatoms. The van der Waals surface area contributed by atoms with Crippen LogP contribution in [0.15, 0.2) is 54.6 Å². The van der Waals surface area contributed by atoms with Gasteiger partial charge in [-0.1, -0.05) is 42.5 Å². The van der Waals surface area contributed by atoms with Gasteiger partial charge in [0.05, 0.1) is 0 Å². The smallest absolute Gasteiger partial charge is 0.251 e. The van der Waals surface area contributed by atoms with Crippen molar-refractivity contribution in [3.63, 3.8) is 0 Å². The molecule has 0 saturated carbocycles. The molecule has 1 unspecified atom stereocenters. The van der Waals surface area contributed by atoms with E-state index in [0.29, 0.717) is 12.1 Å². The van der Waals surface area contributed by atoms with E-state index in [1.165, 1.54) is 5.56 Å². The summed E-state index contributed by atoms with van der Waals surface area (Å²) in [4.78, 5) is 14.5. The van der Waals surface area contributed by atoms with Crippen LogP contribution in [0.3, 0.4) is 0 Å². The SMILES string of the molecule is CNC(C)CNC(=O)c1cccc(CN(C)Cc2ccccc2)c1.Cl. The molecule has 25 heavy (non-hydrogen) atoms. The standard InChI is InChI=1S/C20H27N3O.ClH/c1-16(21-2)13-22-20(24)19-11-7-10-18(12-19)15-23(3)14-17-8-5-4-6-9-17;/h4-12,16,21H,13-15H2,1-3H3,(H,22,24);1H. The van der Waals surface area contributed by atoms with E-state index in [1.54, 1.807) is 0 Å². The Bertz CT molecular complexity index is 648. The molecule has 2 rings (SSSR count). The molecule has 0 fully saturated rings. The first-order chi connectivity index (χ1) is 11.6. The fraction of sp³-hybridized carbons (Fsp3) is 0.350. The number of carbonyl (C=O) groups excluding carboxylic acids is 1. The number of hydrogen-bond donors (Lipinski definition) is 2. The van der Waals surface area contributed by atoms with Gasteiger partial charge in [0.2, 0.25) is 0 Å². The second-order valence-electron chi connectivity index (χ2n) is 6.26. The summed E-state index contributed by atoms with van der Waals surface area (Å²) in [7, 11) is 3.98. The van der Waals surface area contributed by atoms with Crippen LogP contribution in [0.2, 0.25) is 0 Å². The molecule has 4 nitrogen and oxygen atoms in total. The van der Waals surface area contributed by atoms with Crippen molar-refractivity contribution < 1.29 is 4.79 Å². The zero-order valence-corrected chi connectivity index (χ0v) is 16.0. The molecule has 1 atom stereocenters. The Hall–Kier alpha value is -1.88. The van der Waals surface area contributed by atoms with E-state index < -0.39 is 0 Å².